The summed E-state index contributed by atoms with van der Waals surface area (Å²) < 4.78 is 19.1. The summed E-state index contributed by atoms with van der Waals surface area (Å²) in [5, 5.41) is 0.671. The van der Waals surface area contributed by atoms with Crippen LogP contribution in [0, 0.1) is 5.82 Å². The lowest BCUT2D eigenvalue weighted by Crippen LogP contribution is -2.24. The van der Waals surface area contributed by atoms with E-state index >= 15 is 0 Å². The first-order valence-corrected chi connectivity index (χ1v) is 9.14. The second-order valence-corrected chi connectivity index (χ2v) is 7.11. The van der Waals surface area contributed by atoms with Crippen molar-refractivity contribution >= 4 is 58.4 Å². The fourth-order valence-electron chi connectivity index (χ4n) is 2.91. The Balaban J connectivity index is 2.21. The van der Waals surface area contributed by atoms with Crippen LogP contribution in [-0.2, 0) is 14.3 Å². The van der Waals surface area contributed by atoms with Crippen LogP contribution in [0.25, 0.3) is 6.08 Å². The van der Waals surface area contributed by atoms with Crippen molar-refractivity contribution < 1.29 is 18.7 Å². The first-order valence-electron chi connectivity index (χ1n) is 8.01. The molecule has 3 rings (SSSR count). The highest BCUT2D eigenvalue weighted by Gasteiger charge is 2.38. The van der Waals surface area contributed by atoms with Crippen molar-refractivity contribution in [3.8, 4) is 0 Å². The molecule has 2 aromatic rings. The molecule has 0 unspecified atom stereocenters. The minimum absolute atomic E-state index is 0.00212. The highest BCUT2D eigenvalue weighted by atomic mass is 35.5. The molecule has 0 atom stereocenters. The molecule has 0 radical (unpaired) electrons. The highest BCUT2D eigenvalue weighted by Crippen LogP contribution is 2.38. The summed E-state index contributed by atoms with van der Waals surface area (Å²) in [5.41, 5.74) is 0.688. The molecular formula is C20H13Cl3FNO3. The van der Waals surface area contributed by atoms with Gasteiger partial charge in [-0.15, -0.1) is 0 Å². The molecule has 0 bridgehead atoms. The van der Waals surface area contributed by atoms with E-state index in [9.17, 15) is 14.0 Å². The van der Waals surface area contributed by atoms with Crippen molar-refractivity contribution in [3.05, 3.63) is 79.7 Å². The number of benzene rings is 2. The maximum Gasteiger partial charge on any atom is 0.340 e. The van der Waals surface area contributed by atoms with Gasteiger partial charge in [0.15, 0.2) is 0 Å². The number of amides is 1. The molecule has 0 spiro atoms. The third-order valence-corrected chi connectivity index (χ3v) is 5.31. The second kappa shape index (κ2) is 7.95. The van der Waals surface area contributed by atoms with Gasteiger partial charge in [-0.25, -0.2) is 9.18 Å². The van der Waals surface area contributed by atoms with Gasteiger partial charge in [0.25, 0.3) is 5.91 Å². The van der Waals surface area contributed by atoms with Crippen LogP contribution in [0.5, 0.6) is 0 Å². The van der Waals surface area contributed by atoms with Crippen LogP contribution in [0.2, 0.25) is 15.1 Å². The lowest BCUT2D eigenvalue weighted by Gasteiger charge is -2.18. The Morgan fingerprint density at radius 2 is 1.82 bits per heavy atom. The maximum absolute atomic E-state index is 14.2. The van der Waals surface area contributed by atoms with E-state index in [1.807, 2.05) is 0 Å². The van der Waals surface area contributed by atoms with Gasteiger partial charge in [-0.05, 0) is 43.3 Å². The number of hydrogen-bond acceptors (Lipinski definition) is 3. The van der Waals surface area contributed by atoms with E-state index in [2.05, 4.69) is 0 Å². The summed E-state index contributed by atoms with van der Waals surface area (Å²) in [6.45, 7) is 1.58. The number of rotatable bonds is 3. The number of carbonyl (C=O) groups excluding carboxylic acids is 2. The standard InChI is InChI=1S/C20H13Cl3FNO3/c1-10-18(20(27)28-2)13(9-12-14(21)4-3-5-17(12)24)19(26)25(10)11-6-7-15(22)16(23)8-11/h3-9H,1-2H3/b13-9+. The van der Waals surface area contributed by atoms with Crippen LogP contribution in [0.15, 0.2) is 53.2 Å². The first-order chi connectivity index (χ1) is 13.3. The number of esters is 1. The lowest BCUT2D eigenvalue weighted by atomic mass is 10.0. The zero-order valence-corrected chi connectivity index (χ0v) is 17.0. The third-order valence-electron chi connectivity index (χ3n) is 4.24. The Hall–Kier alpha value is -2.34. The van der Waals surface area contributed by atoms with Crippen molar-refractivity contribution in [3.63, 3.8) is 0 Å². The molecule has 4 nitrogen and oxygen atoms in total. The molecule has 1 heterocycles. The van der Waals surface area contributed by atoms with E-state index < -0.39 is 17.7 Å². The normalized spacial score (nSPS) is 15.6. The zero-order chi connectivity index (χ0) is 20.6. The molecule has 1 aliphatic heterocycles. The molecule has 8 heteroatoms. The third kappa shape index (κ3) is 3.53. The van der Waals surface area contributed by atoms with E-state index in [0.29, 0.717) is 16.4 Å². The molecule has 0 aromatic heterocycles. The van der Waals surface area contributed by atoms with Gasteiger partial charge in [0.05, 0.1) is 39.0 Å². The van der Waals surface area contributed by atoms with Gasteiger partial charge in [0, 0.05) is 11.3 Å². The summed E-state index contributed by atoms with van der Waals surface area (Å²) in [6, 6.07) is 8.76. The van der Waals surface area contributed by atoms with Crippen LogP contribution in [-0.4, -0.2) is 19.0 Å². The molecule has 1 aliphatic rings. The molecule has 0 N–H and O–H groups in total. The molecule has 28 heavy (non-hydrogen) atoms. The van der Waals surface area contributed by atoms with Gasteiger partial charge in [-0.2, -0.15) is 0 Å². The van der Waals surface area contributed by atoms with Gasteiger partial charge in [0.2, 0.25) is 0 Å². The Bertz CT molecular complexity index is 1040. The second-order valence-electron chi connectivity index (χ2n) is 5.88. The molecule has 0 fully saturated rings. The highest BCUT2D eigenvalue weighted by molar-refractivity contribution is 6.42. The van der Waals surface area contributed by atoms with E-state index in [4.69, 9.17) is 39.5 Å². The Morgan fingerprint density at radius 1 is 1.11 bits per heavy atom. The van der Waals surface area contributed by atoms with Crippen molar-refractivity contribution in [2.24, 2.45) is 0 Å². The number of hydrogen-bond donors (Lipinski definition) is 0. The van der Waals surface area contributed by atoms with Crippen LogP contribution in [0.4, 0.5) is 10.1 Å². The van der Waals surface area contributed by atoms with Gasteiger partial charge in [0.1, 0.15) is 5.82 Å². The van der Waals surface area contributed by atoms with Crippen LogP contribution in [0.1, 0.15) is 12.5 Å². The predicted octanol–water partition coefficient (Wildman–Crippen LogP) is 5.66. The number of ether oxygens (including phenoxy) is 1. The topological polar surface area (TPSA) is 46.6 Å². The quantitative estimate of drug-likeness (QED) is 0.457. The summed E-state index contributed by atoms with van der Waals surface area (Å²) in [4.78, 5) is 26.8. The van der Waals surface area contributed by atoms with E-state index in [1.54, 1.807) is 13.0 Å². The molecule has 2 aromatic carbocycles. The van der Waals surface area contributed by atoms with Crippen molar-refractivity contribution in [1.29, 1.82) is 0 Å². The number of halogens is 4. The van der Waals surface area contributed by atoms with Crippen LogP contribution < -0.4 is 4.90 Å². The fraction of sp³-hybridized carbons (Fsp3) is 0.100. The maximum atomic E-state index is 14.2. The monoisotopic (exact) mass is 439 g/mol. The smallest absolute Gasteiger partial charge is 0.340 e. The number of nitrogens with zero attached hydrogens (tertiary/aromatic N) is 1. The minimum atomic E-state index is -0.730. The molecular weight excluding hydrogens is 428 g/mol. The van der Waals surface area contributed by atoms with E-state index in [-0.39, 0.29) is 26.8 Å². The van der Waals surface area contributed by atoms with Gasteiger partial charge < -0.3 is 4.74 Å². The van der Waals surface area contributed by atoms with Crippen LogP contribution in [0.3, 0.4) is 0 Å². The molecule has 0 saturated carbocycles. The van der Waals surface area contributed by atoms with E-state index in [0.717, 1.165) is 0 Å². The number of allylic oxidation sites excluding steroid dienone is 1. The predicted molar refractivity (Wildman–Crippen MR) is 108 cm³/mol. The van der Waals surface area contributed by atoms with Crippen molar-refractivity contribution in [2.45, 2.75) is 6.92 Å². The zero-order valence-electron chi connectivity index (χ0n) is 14.7. The number of anilines is 1. The Morgan fingerprint density at radius 3 is 2.43 bits per heavy atom. The lowest BCUT2D eigenvalue weighted by molar-refractivity contribution is -0.136. The number of methoxy groups -OCH3 is 1. The average molecular weight is 441 g/mol. The summed E-state index contributed by atoms with van der Waals surface area (Å²) in [5.74, 6) is -1.90. The summed E-state index contributed by atoms with van der Waals surface area (Å²) in [7, 11) is 1.20. The summed E-state index contributed by atoms with van der Waals surface area (Å²) in [6.07, 6.45) is 1.24. The first kappa shape index (κ1) is 20.4. The SMILES string of the molecule is COC(=O)C1=C(C)N(c2ccc(Cl)c(Cl)c2)C(=O)/C1=C/c1c(F)cccc1Cl. The Labute approximate surface area is 175 Å². The van der Waals surface area contributed by atoms with Crippen molar-refractivity contribution in [1.82, 2.24) is 0 Å². The largest absolute Gasteiger partial charge is 0.465 e. The summed E-state index contributed by atoms with van der Waals surface area (Å²) >= 11 is 18.1. The average Bonchev–Trinajstić information content (AvgIpc) is 2.90. The van der Waals surface area contributed by atoms with E-state index in [1.165, 1.54) is 48.4 Å². The molecule has 1 amide bonds. The number of carbonyl (C=O) groups is 2. The van der Waals surface area contributed by atoms with Crippen LogP contribution >= 0.6 is 34.8 Å². The molecule has 144 valence electrons. The van der Waals surface area contributed by atoms with Crippen molar-refractivity contribution in [2.75, 3.05) is 12.0 Å². The van der Waals surface area contributed by atoms with Gasteiger partial charge in [-0.1, -0.05) is 40.9 Å². The molecule has 0 saturated heterocycles. The fourth-order valence-corrected chi connectivity index (χ4v) is 3.42. The van der Waals surface area contributed by atoms with Gasteiger partial charge in [-0.3, -0.25) is 9.69 Å². The molecule has 0 aliphatic carbocycles. The Kier molecular flexibility index (Phi) is 5.79. The van der Waals surface area contributed by atoms with Gasteiger partial charge >= 0.3 is 5.97 Å². The minimum Gasteiger partial charge on any atom is -0.465 e.